The van der Waals surface area contributed by atoms with Gasteiger partial charge in [0.2, 0.25) is 0 Å². The Kier molecular flexibility index (Phi) is 37.6. The lowest BCUT2D eigenvalue weighted by atomic mass is 10.0. The number of unbranched alkanes of at least 4 members (excludes halogenated alkanes) is 20. The van der Waals surface area contributed by atoms with Crippen molar-refractivity contribution in [3.05, 3.63) is 36.5 Å². The highest BCUT2D eigenvalue weighted by Crippen LogP contribution is 2.43. The highest BCUT2D eigenvalue weighted by atomic mass is 31.2. The molecule has 1 unspecified atom stereocenters. The van der Waals surface area contributed by atoms with Crippen LogP contribution in [-0.2, 0) is 32.7 Å². The van der Waals surface area contributed by atoms with Crippen LogP contribution in [0.5, 0.6) is 0 Å². The van der Waals surface area contributed by atoms with Gasteiger partial charge in [-0.2, -0.15) is 0 Å². The Morgan fingerprint density at radius 1 is 0.596 bits per heavy atom. The average Bonchev–Trinajstić information content (AvgIpc) is 3.13. The molecule has 0 aromatic rings. The average molecular weight is 756 g/mol. The van der Waals surface area contributed by atoms with Gasteiger partial charge in [0.05, 0.1) is 13.2 Å². The van der Waals surface area contributed by atoms with E-state index >= 15 is 0 Å². The molecule has 3 N–H and O–H groups in total. The van der Waals surface area contributed by atoms with Gasteiger partial charge in [0.25, 0.3) is 0 Å². The molecule has 0 spiro atoms. The summed E-state index contributed by atoms with van der Waals surface area (Å²) in [6.07, 6.45) is 41.7. The fraction of sp³-hybridized carbons (Fsp3) is 0.810. The molecule has 0 rings (SSSR count). The summed E-state index contributed by atoms with van der Waals surface area (Å²) in [5.41, 5.74) is 5.34. The fourth-order valence-electron chi connectivity index (χ4n) is 5.71. The van der Waals surface area contributed by atoms with Crippen LogP contribution in [-0.4, -0.2) is 49.3 Å². The van der Waals surface area contributed by atoms with E-state index in [0.29, 0.717) is 12.8 Å². The minimum atomic E-state index is -4.38. The Morgan fingerprint density at radius 3 is 1.58 bits per heavy atom. The summed E-state index contributed by atoms with van der Waals surface area (Å²) < 4.78 is 32.7. The van der Waals surface area contributed by atoms with E-state index in [-0.39, 0.29) is 32.6 Å². The van der Waals surface area contributed by atoms with Crippen LogP contribution in [0.3, 0.4) is 0 Å². The van der Waals surface area contributed by atoms with Crippen molar-refractivity contribution in [3.63, 3.8) is 0 Å². The zero-order chi connectivity index (χ0) is 38.2. The zero-order valence-corrected chi connectivity index (χ0v) is 34.2. The SMILES string of the molecule is CC/C=C/C/C=C/C/C=C/CCCCCCCC(=O)OC[C@H](COP(=O)(O)OCCN)OC(=O)CCCCCCCCCCCCCCCCCC. The third kappa shape index (κ3) is 38.0. The molecule has 9 nitrogen and oxygen atoms in total. The van der Waals surface area contributed by atoms with Gasteiger partial charge in [-0.1, -0.05) is 166 Å². The van der Waals surface area contributed by atoms with Gasteiger partial charge in [0.1, 0.15) is 6.61 Å². The maximum atomic E-state index is 12.6. The number of carbonyl (C=O) groups excluding carboxylic acids is 2. The van der Waals surface area contributed by atoms with Crippen LogP contribution in [0.15, 0.2) is 36.5 Å². The molecule has 0 aliphatic heterocycles. The molecule has 0 saturated carbocycles. The minimum Gasteiger partial charge on any atom is -0.462 e. The summed E-state index contributed by atoms with van der Waals surface area (Å²) >= 11 is 0. The van der Waals surface area contributed by atoms with Gasteiger partial charge in [-0.3, -0.25) is 18.6 Å². The normalized spacial score (nSPS) is 13.7. The van der Waals surface area contributed by atoms with Crippen molar-refractivity contribution in [1.82, 2.24) is 0 Å². The number of ether oxygens (including phenoxy) is 2. The number of phosphoric acid groups is 1. The molecule has 10 heteroatoms. The van der Waals surface area contributed by atoms with Crippen LogP contribution in [0, 0.1) is 0 Å². The van der Waals surface area contributed by atoms with Crippen molar-refractivity contribution in [1.29, 1.82) is 0 Å². The van der Waals surface area contributed by atoms with Gasteiger partial charge in [-0.25, -0.2) is 4.57 Å². The Hall–Kier alpha value is -1.77. The summed E-state index contributed by atoms with van der Waals surface area (Å²) in [7, 11) is -4.38. The first-order valence-corrected chi connectivity index (χ1v) is 22.5. The van der Waals surface area contributed by atoms with E-state index in [0.717, 1.165) is 64.2 Å². The number of allylic oxidation sites excluding steroid dienone is 6. The van der Waals surface area contributed by atoms with Crippen molar-refractivity contribution in [3.8, 4) is 0 Å². The lowest BCUT2D eigenvalue weighted by Crippen LogP contribution is -2.29. The molecule has 0 heterocycles. The topological polar surface area (TPSA) is 134 Å². The molecule has 304 valence electrons. The molecule has 0 aromatic carbocycles. The van der Waals surface area contributed by atoms with E-state index in [1.807, 2.05) is 0 Å². The largest absolute Gasteiger partial charge is 0.472 e. The van der Waals surface area contributed by atoms with Crippen LogP contribution >= 0.6 is 7.82 Å². The van der Waals surface area contributed by atoms with E-state index in [2.05, 4.69) is 50.3 Å². The molecular weight excluding hydrogens is 677 g/mol. The van der Waals surface area contributed by atoms with Gasteiger partial charge in [-0.05, 0) is 44.9 Å². The number of carbonyl (C=O) groups is 2. The van der Waals surface area contributed by atoms with Gasteiger partial charge < -0.3 is 20.1 Å². The molecule has 0 aliphatic rings. The molecule has 52 heavy (non-hydrogen) atoms. The molecule has 0 amide bonds. The number of hydrogen-bond donors (Lipinski definition) is 2. The number of rotatable bonds is 39. The molecule has 0 fully saturated rings. The monoisotopic (exact) mass is 756 g/mol. The van der Waals surface area contributed by atoms with Crippen molar-refractivity contribution in [2.75, 3.05) is 26.4 Å². The first-order valence-electron chi connectivity index (χ1n) is 21.0. The number of hydrogen-bond acceptors (Lipinski definition) is 8. The maximum absolute atomic E-state index is 12.6. The van der Waals surface area contributed by atoms with Crippen molar-refractivity contribution < 1.29 is 37.6 Å². The second-order valence-electron chi connectivity index (χ2n) is 13.8. The molecule has 0 radical (unpaired) electrons. The predicted octanol–water partition coefficient (Wildman–Crippen LogP) is 11.8. The smallest absolute Gasteiger partial charge is 0.462 e. The molecule has 0 bridgehead atoms. The lowest BCUT2D eigenvalue weighted by Gasteiger charge is -2.19. The van der Waals surface area contributed by atoms with Crippen LogP contribution < -0.4 is 5.73 Å². The van der Waals surface area contributed by atoms with E-state index < -0.39 is 32.5 Å². The number of esters is 2. The highest BCUT2D eigenvalue weighted by molar-refractivity contribution is 7.47. The molecule has 0 aliphatic carbocycles. The summed E-state index contributed by atoms with van der Waals surface area (Å²) in [5, 5.41) is 0. The predicted molar refractivity (Wildman–Crippen MR) is 215 cm³/mol. The quantitative estimate of drug-likeness (QED) is 0.0272. The van der Waals surface area contributed by atoms with Crippen molar-refractivity contribution >= 4 is 19.8 Å². The minimum absolute atomic E-state index is 0.0513. The Bertz CT molecular complexity index is 954. The fourth-order valence-corrected chi connectivity index (χ4v) is 6.47. The molecule has 0 saturated heterocycles. The Morgan fingerprint density at radius 2 is 1.06 bits per heavy atom. The first kappa shape index (κ1) is 50.2. The van der Waals surface area contributed by atoms with Crippen LogP contribution in [0.2, 0.25) is 0 Å². The third-order valence-electron chi connectivity index (χ3n) is 8.79. The highest BCUT2D eigenvalue weighted by Gasteiger charge is 2.26. The molecular formula is C42H78NO8P. The van der Waals surface area contributed by atoms with Gasteiger partial charge in [0.15, 0.2) is 6.10 Å². The third-order valence-corrected chi connectivity index (χ3v) is 9.77. The molecule has 0 aromatic heterocycles. The summed E-state index contributed by atoms with van der Waals surface area (Å²) in [5.74, 6) is -0.844. The molecule has 2 atom stereocenters. The van der Waals surface area contributed by atoms with Crippen LogP contribution in [0.1, 0.15) is 187 Å². The second kappa shape index (κ2) is 38.9. The van der Waals surface area contributed by atoms with Crippen molar-refractivity contribution in [2.45, 2.75) is 193 Å². The zero-order valence-electron chi connectivity index (χ0n) is 33.3. The summed E-state index contributed by atoms with van der Waals surface area (Å²) in [6.45, 7) is 3.61. The standard InChI is InChI=1S/C42H78NO8P/c1-3-5-7-9-11-13-15-17-19-21-23-25-27-29-31-33-35-42(45)51-40(39-50-52(46,47)49-37-36-43)38-48-41(44)34-32-30-28-26-24-22-20-18-16-14-12-10-8-6-4-2/h6,8,12,14,18,20,40H,3-5,7,9-11,13,15-17,19,21-39,43H2,1-2H3,(H,46,47)/b8-6+,14-12+,20-18+/t40-/m1/s1. The number of phosphoric ester groups is 1. The van der Waals surface area contributed by atoms with Gasteiger partial charge in [0, 0.05) is 19.4 Å². The van der Waals surface area contributed by atoms with Gasteiger partial charge in [-0.15, -0.1) is 0 Å². The van der Waals surface area contributed by atoms with Crippen LogP contribution in [0.25, 0.3) is 0 Å². The van der Waals surface area contributed by atoms with E-state index in [1.165, 1.54) is 83.5 Å². The van der Waals surface area contributed by atoms with E-state index in [4.69, 9.17) is 24.3 Å². The second-order valence-corrected chi connectivity index (χ2v) is 15.3. The number of nitrogens with two attached hydrogens (primary N) is 1. The Balaban J connectivity index is 4.18. The lowest BCUT2D eigenvalue weighted by molar-refractivity contribution is -0.161. The summed E-state index contributed by atoms with van der Waals surface area (Å²) in [4.78, 5) is 34.8. The summed E-state index contributed by atoms with van der Waals surface area (Å²) in [6, 6.07) is 0. The van der Waals surface area contributed by atoms with E-state index in [9.17, 15) is 19.0 Å². The van der Waals surface area contributed by atoms with Crippen LogP contribution in [0.4, 0.5) is 0 Å². The van der Waals surface area contributed by atoms with Crippen molar-refractivity contribution in [2.24, 2.45) is 5.73 Å². The van der Waals surface area contributed by atoms with E-state index in [1.54, 1.807) is 0 Å². The van der Waals surface area contributed by atoms with Gasteiger partial charge >= 0.3 is 19.8 Å². The Labute approximate surface area is 318 Å². The maximum Gasteiger partial charge on any atom is 0.472 e. The first-order chi connectivity index (χ1) is 25.3.